The van der Waals surface area contributed by atoms with Crippen molar-refractivity contribution in [3.05, 3.63) is 46.1 Å². The number of nitrogens with one attached hydrogen (secondary N) is 2. The summed E-state index contributed by atoms with van der Waals surface area (Å²) in [7, 11) is 0. The van der Waals surface area contributed by atoms with Gasteiger partial charge in [-0.05, 0) is 55.1 Å². The Morgan fingerprint density at radius 1 is 1.54 bits per heavy atom. The van der Waals surface area contributed by atoms with Crippen LogP contribution in [0.15, 0.2) is 24.5 Å². The molecule has 0 spiro atoms. The van der Waals surface area contributed by atoms with Crippen molar-refractivity contribution < 1.29 is 4.79 Å². The number of amides is 1. The average molecular weight is 356 g/mol. The molecule has 5 nitrogen and oxygen atoms in total. The van der Waals surface area contributed by atoms with Gasteiger partial charge in [0.2, 0.25) is 0 Å². The third kappa shape index (κ3) is 3.45. The average Bonchev–Trinajstić information content (AvgIpc) is 2.91. The van der Waals surface area contributed by atoms with Crippen LogP contribution in [0.5, 0.6) is 0 Å². The van der Waals surface area contributed by atoms with E-state index in [1.54, 1.807) is 29.7 Å². The van der Waals surface area contributed by atoms with Crippen molar-refractivity contribution in [2.24, 2.45) is 5.92 Å². The smallest absolute Gasteiger partial charge is 0.258 e. The fourth-order valence-electron chi connectivity index (χ4n) is 2.76. The zero-order valence-corrected chi connectivity index (χ0v) is 14.8. The Balaban J connectivity index is 1.73. The molecule has 0 saturated carbocycles. The fraction of sp³-hybridized carbons (Fsp3) is 0.294. The predicted octanol–water partition coefficient (Wildman–Crippen LogP) is 3.27. The Kier molecular flexibility index (Phi) is 4.88. The molecule has 2 heterocycles. The Bertz CT molecular complexity index is 823. The minimum Gasteiger partial charge on any atom is -0.323 e. The van der Waals surface area contributed by atoms with Crippen molar-refractivity contribution in [1.29, 1.82) is 5.26 Å². The van der Waals surface area contributed by atoms with Gasteiger partial charge in [0.15, 0.2) is 5.11 Å². The zero-order valence-electron chi connectivity index (χ0n) is 13.1. The number of fused-ring (bicyclic) bond motifs is 1. The van der Waals surface area contributed by atoms with Gasteiger partial charge >= 0.3 is 0 Å². The molecule has 0 bridgehead atoms. The van der Waals surface area contributed by atoms with Gasteiger partial charge in [0, 0.05) is 17.3 Å². The second kappa shape index (κ2) is 7.07. The lowest BCUT2D eigenvalue weighted by Crippen LogP contribution is -2.34. The van der Waals surface area contributed by atoms with Crippen LogP contribution in [0.4, 0.5) is 5.00 Å². The van der Waals surface area contributed by atoms with Crippen molar-refractivity contribution >= 4 is 39.6 Å². The Morgan fingerprint density at radius 2 is 2.38 bits per heavy atom. The highest BCUT2D eigenvalue weighted by molar-refractivity contribution is 7.80. The standard InChI is InChI=1S/C17H16N4OS2/c1-10-4-5-12-13(8-18)16(24-14(12)7-10)21-17(23)20-15(22)11-3-2-6-19-9-11/h2-3,6,9-10H,4-5,7H2,1H3,(H2,20,21,22,23). The van der Waals surface area contributed by atoms with Crippen molar-refractivity contribution in [2.45, 2.75) is 26.2 Å². The minimum atomic E-state index is -0.325. The molecule has 0 aliphatic heterocycles. The molecule has 1 amide bonds. The number of nitrogens with zero attached hydrogens (tertiary/aromatic N) is 2. The van der Waals surface area contributed by atoms with Crippen LogP contribution in [0.2, 0.25) is 0 Å². The number of thiocarbonyl (C=S) groups is 1. The molecule has 2 N–H and O–H groups in total. The lowest BCUT2D eigenvalue weighted by Gasteiger charge is -2.17. The second-order valence-corrected chi connectivity index (χ2v) is 7.33. The summed E-state index contributed by atoms with van der Waals surface area (Å²) >= 11 is 6.77. The molecule has 1 unspecified atom stereocenters. The Morgan fingerprint density at radius 3 is 3.08 bits per heavy atom. The number of nitriles is 1. The highest BCUT2D eigenvalue weighted by Gasteiger charge is 2.24. The van der Waals surface area contributed by atoms with Crippen LogP contribution in [0.25, 0.3) is 0 Å². The molecule has 2 aromatic heterocycles. The summed E-state index contributed by atoms with van der Waals surface area (Å²) in [6, 6.07) is 5.63. The maximum Gasteiger partial charge on any atom is 0.258 e. The van der Waals surface area contributed by atoms with E-state index in [1.165, 1.54) is 11.1 Å². The SMILES string of the molecule is CC1CCc2c(sc(NC(=S)NC(=O)c3cccnc3)c2C#N)C1. The van der Waals surface area contributed by atoms with Gasteiger partial charge in [0.25, 0.3) is 5.91 Å². The summed E-state index contributed by atoms with van der Waals surface area (Å²) in [5.74, 6) is 0.307. The molecule has 1 aliphatic rings. The number of hydrogen-bond donors (Lipinski definition) is 2. The monoisotopic (exact) mass is 356 g/mol. The van der Waals surface area contributed by atoms with E-state index in [0.29, 0.717) is 22.0 Å². The topological polar surface area (TPSA) is 77.8 Å². The molecule has 122 valence electrons. The van der Waals surface area contributed by atoms with Crippen molar-refractivity contribution in [1.82, 2.24) is 10.3 Å². The maximum atomic E-state index is 12.1. The molecular weight excluding hydrogens is 340 g/mol. The van der Waals surface area contributed by atoms with Gasteiger partial charge in [-0.2, -0.15) is 5.26 Å². The number of anilines is 1. The molecule has 7 heteroatoms. The number of thiophene rings is 1. The molecule has 1 atom stereocenters. The van der Waals surface area contributed by atoms with Gasteiger partial charge in [0.05, 0.1) is 11.1 Å². The number of aromatic nitrogens is 1. The summed E-state index contributed by atoms with van der Waals surface area (Å²) < 4.78 is 0. The second-order valence-electron chi connectivity index (χ2n) is 5.82. The van der Waals surface area contributed by atoms with Crippen LogP contribution >= 0.6 is 23.6 Å². The van der Waals surface area contributed by atoms with Crippen LogP contribution in [-0.4, -0.2) is 16.0 Å². The van der Waals surface area contributed by atoms with E-state index in [1.807, 2.05) is 0 Å². The summed E-state index contributed by atoms with van der Waals surface area (Å²) in [5.41, 5.74) is 2.21. The van der Waals surface area contributed by atoms with Gasteiger partial charge < -0.3 is 5.32 Å². The third-order valence-electron chi connectivity index (χ3n) is 4.00. The van der Waals surface area contributed by atoms with Gasteiger partial charge in [0.1, 0.15) is 11.1 Å². The summed E-state index contributed by atoms with van der Waals surface area (Å²) in [5, 5.41) is 16.0. The largest absolute Gasteiger partial charge is 0.323 e. The van der Waals surface area contributed by atoms with Crippen LogP contribution in [0, 0.1) is 17.2 Å². The van der Waals surface area contributed by atoms with E-state index in [4.69, 9.17) is 12.2 Å². The first-order valence-electron chi connectivity index (χ1n) is 7.65. The molecular formula is C17H16N4OS2. The first-order chi connectivity index (χ1) is 11.6. The quantitative estimate of drug-likeness (QED) is 0.808. The summed E-state index contributed by atoms with van der Waals surface area (Å²) in [6.45, 7) is 2.22. The van der Waals surface area contributed by atoms with Crippen LogP contribution in [0.1, 0.15) is 39.7 Å². The normalized spacial score (nSPS) is 15.9. The highest BCUT2D eigenvalue weighted by atomic mass is 32.1. The summed E-state index contributed by atoms with van der Waals surface area (Å²) in [6.07, 6.45) is 6.09. The van der Waals surface area contributed by atoms with Crippen molar-refractivity contribution in [3.8, 4) is 6.07 Å². The number of hydrogen-bond acceptors (Lipinski definition) is 5. The predicted molar refractivity (Wildman–Crippen MR) is 98.1 cm³/mol. The van der Waals surface area contributed by atoms with E-state index >= 15 is 0 Å². The van der Waals surface area contributed by atoms with Gasteiger partial charge in [-0.25, -0.2) is 0 Å². The van der Waals surface area contributed by atoms with Crippen LogP contribution in [-0.2, 0) is 12.8 Å². The van der Waals surface area contributed by atoms with Gasteiger partial charge in [-0.3, -0.25) is 15.1 Å². The molecule has 0 radical (unpaired) electrons. The number of carbonyl (C=O) groups excluding carboxylic acids is 1. The first kappa shape index (κ1) is 16.6. The van der Waals surface area contributed by atoms with E-state index in [-0.39, 0.29) is 11.0 Å². The molecule has 0 fully saturated rings. The summed E-state index contributed by atoms with van der Waals surface area (Å²) in [4.78, 5) is 17.3. The van der Waals surface area contributed by atoms with Crippen molar-refractivity contribution in [3.63, 3.8) is 0 Å². The number of carbonyl (C=O) groups is 1. The van der Waals surface area contributed by atoms with Crippen LogP contribution in [0.3, 0.4) is 0 Å². The van der Waals surface area contributed by atoms with E-state index in [2.05, 4.69) is 28.6 Å². The third-order valence-corrected chi connectivity index (χ3v) is 5.38. The van der Waals surface area contributed by atoms with Gasteiger partial charge in [-0.1, -0.05) is 6.92 Å². The molecule has 1 aliphatic carbocycles. The molecule has 24 heavy (non-hydrogen) atoms. The minimum absolute atomic E-state index is 0.187. The lowest BCUT2D eigenvalue weighted by atomic mass is 9.89. The highest BCUT2D eigenvalue weighted by Crippen LogP contribution is 2.39. The van der Waals surface area contributed by atoms with Gasteiger partial charge in [-0.15, -0.1) is 11.3 Å². The molecule has 3 rings (SSSR count). The maximum absolute atomic E-state index is 12.1. The molecule has 0 saturated heterocycles. The number of pyridine rings is 1. The number of rotatable bonds is 2. The Hall–Kier alpha value is -2.30. The molecule has 0 aromatic carbocycles. The van der Waals surface area contributed by atoms with E-state index in [9.17, 15) is 10.1 Å². The first-order valence-corrected chi connectivity index (χ1v) is 8.88. The molecule has 2 aromatic rings. The van der Waals surface area contributed by atoms with E-state index < -0.39 is 0 Å². The zero-order chi connectivity index (χ0) is 17.1. The van der Waals surface area contributed by atoms with Crippen LogP contribution < -0.4 is 10.6 Å². The van der Waals surface area contributed by atoms with E-state index in [0.717, 1.165) is 24.8 Å². The van der Waals surface area contributed by atoms with Crippen molar-refractivity contribution in [2.75, 3.05) is 5.32 Å². The Labute approximate surface area is 149 Å². The lowest BCUT2D eigenvalue weighted by molar-refractivity contribution is 0.0977. The fourth-order valence-corrected chi connectivity index (χ4v) is 4.39.